The first-order valence-corrected chi connectivity index (χ1v) is 9.68. The van der Waals surface area contributed by atoms with E-state index < -0.39 is 0 Å². The number of fused-ring (bicyclic) bond motifs is 5. The van der Waals surface area contributed by atoms with Crippen molar-refractivity contribution in [3.63, 3.8) is 0 Å². The Kier molecular flexibility index (Phi) is 3.31. The largest absolute Gasteiger partial charge is 0.299 e. The van der Waals surface area contributed by atoms with Crippen LogP contribution in [0.15, 0.2) is 0 Å². The summed E-state index contributed by atoms with van der Waals surface area (Å²) in [6.07, 6.45) is 11.3. The molecule has 4 rings (SSSR count). The van der Waals surface area contributed by atoms with Crippen LogP contribution in [0.3, 0.4) is 0 Å². The number of thiol groups is 1. The molecule has 4 fully saturated rings. The highest BCUT2D eigenvalue weighted by atomic mass is 32.1. The van der Waals surface area contributed by atoms with Gasteiger partial charge in [-0.15, -0.1) is 0 Å². The number of carbonyl (C=O) groups is 1. The van der Waals surface area contributed by atoms with Gasteiger partial charge in [0.2, 0.25) is 0 Å². The Hall–Kier alpha value is 0.0200. The Morgan fingerprint density at radius 3 is 2.62 bits per heavy atom. The first kappa shape index (κ1) is 14.6. The maximum absolute atomic E-state index is 12.4. The van der Waals surface area contributed by atoms with Crippen molar-refractivity contribution in [2.45, 2.75) is 76.9 Å². The fourth-order valence-electron chi connectivity index (χ4n) is 7.01. The van der Waals surface area contributed by atoms with Gasteiger partial charge in [-0.25, -0.2) is 0 Å². The van der Waals surface area contributed by atoms with E-state index in [1.165, 1.54) is 51.4 Å². The quantitative estimate of drug-likeness (QED) is 0.630. The number of ketones is 1. The average Bonchev–Trinajstić information content (AvgIpc) is 2.76. The molecule has 0 aliphatic heterocycles. The molecular formula is C19H30OS. The third kappa shape index (κ3) is 1.93. The molecule has 0 radical (unpaired) electrons. The summed E-state index contributed by atoms with van der Waals surface area (Å²) in [4.78, 5) is 12.4. The molecule has 4 aliphatic rings. The lowest BCUT2D eigenvalue weighted by molar-refractivity contribution is -0.138. The van der Waals surface area contributed by atoms with Gasteiger partial charge in [0.1, 0.15) is 5.78 Å². The Morgan fingerprint density at radius 2 is 1.81 bits per heavy atom. The smallest absolute Gasteiger partial charge is 0.139 e. The molecule has 0 amide bonds. The summed E-state index contributed by atoms with van der Waals surface area (Å²) in [6.45, 7) is 4.88. The van der Waals surface area contributed by atoms with Crippen LogP contribution in [0.2, 0.25) is 0 Å². The Morgan fingerprint density at radius 1 is 1.00 bits per heavy atom. The van der Waals surface area contributed by atoms with E-state index in [2.05, 4.69) is 13.8 Å². The van der Waals surface area contributed by atoms with Gasteiger partial charge in [-0.1, -0.05) is 13.8 Å². The van der Waals surface area contributed by atoms with Gasteiger partial charge in [0.15, 0.2) is 0 Å². The van der Waals surface area contributed by atoms with E-state index in [4.69, 9.17) is 12.6 Å². The number of rotatable bonds is 0. The summed E-state index contributed by atoms with van der Waals surface area (Å²) < 4.78 is 0. The molecule has 0 aromatic rings. The minimum absolute atomic E-state index is 0.0467. The van der Waals surface area contributed by atoms with Gasteiger partial charge in [0.25, 0.3) is 0 Å². The van der Waals surface area contributed by atoms with Crippen LogP contribution in [0, 0.1) is 34.5 Å². The van der Waals surface area contributed by atoms with E-state index >= 15 is 0 Å². The van der Waals surface area contributed by atoms with E-state index in [0.717, 1.165) is 24.2 Å². The summed E-state index contributed by atoms with van der Waals surface area (Å²) in [7, 11) is 0. The van der Waals surface area contributed by atoms with Crippen molar-refractivity contribution >= 4 is 18.4 Å². The van der Waals surface area contributed by atoms with Crippen LogP contribution in [0.25, 0.3) is 0 Å². The third-order valence-corrected chi connectivity index (χ3v) is 8.82. The molecule has 0 aromatic heterocycles. The van der Waals surface area contributed by atoms with Gasteiger partial charge >= 0.3 is 0 Å². The van der Waals surface area contributed by atoms with Gasteiger partial charge < -0.3 is 0 Å². The van der Waals surface area contributed by atoms with Gasteiger partial charge in [0, 0.05) is 17.1 Å². The predicted molar refractivity (Wildman–Crippen MR) is 89.5 cm³/mol. The highest BCUT2D eigenvalue weighted by molar-refractivity contribution is 7.80. The standard InChI is InChI=1S/C19H30OS/c1-18-9-7-13(21)11-12(18)3-4-14-15-5-6-17(20)19(15,2)10-8-16(14)18/h12-16,21H,3-11H2,1-2H3/t12?,13-,14+,15+,16+,18+,19+/m1/s1. The Balaban J connectivity index is 1.64. The van der Waals surface area contributed by atoms with E-state index in [1.807, 2.05) is 0 Å². The topological polar surface area (TPSA) is 17.1 Å². The van der Waals surface area contributed by atoms with Crippen LogP contribution in [0.4, 0.5) is 0 Å². The van der Waals surface area contributed by atoms with Crippen LogP contribution in [0.1, 0.15) is 71.6 Å². The average molecular weight is 307 g/mol. The first-order chi connectivity index (χ1) is 9.95. The number of hydrogen-bond donors (Lipinski definition) is 1. The lowest BCUT2D eigenvalue weighted by Gasteiger charge is -2.60. The Bertz CT molecular complexity index is 460. The molecule has 0 saturated heterocycles. The van der Waals surface area contributed by atoms with E-state index in [9.17, 15) is 4.79 Å². The Labute approximate surface area is 135 Å². The lowest BCUT2D eigenvalue weighted by Crippen LogP contribution is -2.53. The molecule has 0 spiro atoms. The van der Waals surface area contributed by atoms with Gasteiger partial charge in [0.05, 0.1) is 0 Å². The minimum atomic E-state index is 0.0467. The fourth-order valence-corrected chi connectivity index (χ4v) is 7.39. The second kappa shape index (κ2) is 4.76. The molecule has 0 heterocycles. The molecule has 0 N–H and O–H groups in total. The predicted octanol–water partition coefficient (Wildman–Crippen LogP) is 4.90. The SMILES string of the molecule is C[C@]12CC[C@@H](S)CC1CC[C@@H]1[C@@H]2CC[C@]2(C)C(=O)CC[C@@H]12. The van der Waals surface area contributed by atoms with E-state index in [-0.39, 0.29) is 5.41 Å². The van der Waals surface area contributed by atoms with Crippen LogP contribution in [0.5, 0.6) is 0 Å². The molecule has 0 aromatic carbocycles. The van der Waals surface area contributed by atoms with Crippen molar-refractivity contribution < 1.29 is 4.79 Å². The minimum Gasteiger partial charge on any atom is -0.299 e. The van der Waals surface area contributed by atoms with Crippen molar-refractivity contribution in [3.8, 4) is 0 Å². The van der Waals surface area contributed by atoms with Crippen LogP contribution in [-0.4, -0.2) is 11.0 Å². The normalized spacial score (nSPS) is 56.5. The highest BCUT2D eigenvalue weighted by Gasteiger charge is 2.59. The molecule has 7 atom stereocenters. The van der Waals surface area contributed by atoms with Gasteiger partial charge in [-0.05, 0) is 80.5 Å². The number of carbonyl (C=O) groups excluding carboxylic acids is 1. The molecule has 4 saturated carbocycles. The third-order valence-electron chi connectivity index (χ3n) is 8.35. The van der Waals surface area contributed by atoms with Crippen LogP contribution in [-0.2, 0) is 4.79 Å². The summed E-state index contributed by atoms with van der Waals surface area (Å²) in [6, 6.07) is 0. The second-order valence-electron chi connectivity index (χ2n) is 9.00. The van der Waals surface area contributed by atoms with Crippen molar-refractivity contribution in [1.29, 1.82) is 0 Å². The molecule has 4 aliphatic carbocycles. The van der Waals surface area contributed by atoms with E-state index in [0.29, 0.717) is 22.4 Å². The summed E-state index contributed by atoms with van der Waals surface area (Å²) in [5.74, 6) is 3.91. The summed E-state index contributed by atoms with van der Waals surface area (Å²) in [5.41, 5.74) is 0.597. The molecule has 1 nitrogen and oxygen atoms in total. The zero-order chi connectivity index (χ0) is 14.8. The highest BCUT2D eigenvalue weighted by Crippen LogP contribution is 2.65. The van der Waals surface area contributed by atoms with Gasteiger partial charge in [-0.3, -0.25) is 4.79 Å². The molecule has 21 heavy (non-hydrogen) atoms. The number of Topliss-reactive ketones (excluding diaryl/α,β-unsaturated/α-hetero) is 1. The zero-order valence-corrected chi connectivity index (χ0v) is 14.5. The van der Waals surface area contributed by atoms with E-state index in [1.54, 1.807) is 0 Å². The van der Waals surface area contributed by atoms with Crippen molar-refractivity contribution in [2.24, 2.45) is 34.5 Å². The fraction of sp³-hybridized carbons (Fsp3) is 0.947. The monoisotopic (exact) mass is 306 g/mol. The summed E-state index contributed by atoms with van der Waals surface area (Å²) >= 11 is 4.77. The lowest BCUT2D eigenvalue weighted by atomic mass is 9.45. The summed E-state index contributed by atoms with van der Waals surface area (Å²) in [5, 5.41) is 0.640. The van der Waals surface area contributed by atoms with Crippen LogP contribution < -0.4 is 0 Å². The zero-order valence-electron chi connectivity index (χ0n) is 13.6. The maximum atomic E-state index is 12.4. The van der Waals surface area contributed by atoms with Crippen molar-refractivity contribution in [3.05, 3.63) is 0 Å². The second-order valence-corrected chi connectivity index (χ2v) is 9.73. The van der Waals surface area contributed by atoms with Crippen LogP contribution >= 0.6 is 12.6 Å². The molecule has 0 bridgehead atoms. The van der Waals surface area contributed by atoms with Gasteiger partial charge in [-0.2, -0.15) is 12.6 Å². The number of hydrogen-bond acceptors (Lipinski definition) is 2. The molecule has 2 heteroatoms. The molecule has 118 valence electrons. The maximum Gasteiger partial charge on any atom is 0.139 e. The molecular weight excluding hydrogens is 276 g/mol. The first-order valence-electron chi connectivity index (χ1n) is 9.16. The van der Waals surface area contributed by atoms with Crippen molar-refractivity contribution in [1.82, 2.24) is 0 Å². The molecule has 1 unspecified atom stereocenters. The van der Waals surface area contributed by atoms with Crippen molar-refractivity contribution in [2.75, 3.05) is 0 Å².